The maximum absolute atomic E-state index is 11.9. The molecule has 118 valence electrons. The minimum atomic E-state index is -1.05. The Balaban J connectivity index is 2.93. The standard InChI is InChI=1S/C15H23Cl2N3O/c1-4-20(5-2)9-8-19-15(3,14(18)21)12-10-11(16)6-7-13(12)17/h6-7,10,19H,4-5,8-9H2,1-3H3,(H2,18,21). The molecule has 0 fully saturated rings. The van der Waals surface area contributed by atoms with Crippen LogP contribution in [-0.2, 0) is 10.3 Å². The van der Waals surface area contributed by atoms with E-state index in [1.54, 1.807) is 25.1 Å². The summed E-state index contributed by atoms with van der Waals surface area (Å²) in [5.74, 6) is -0.480. The van der Waals surface area contributed by atoms with E-state index in [-0.39, 0.29) is 0 Å². The molecular formula is C15H23Cl2N3O. The van der Waals surface area contributed by atoms with Gasteiger partial charge in [-0.1, -0.05) is 37.0 Å². The van der Waals surface area contributed by atoms with Crippen molar-refractivity contribution in [3.63, 3.8) is 0 Å². The maximum atomic E-state index is 11.9. The Morgan fingerprint density at radius 1 is 1.33 bits per heavy atom. The number of nitrogens with zero attached hydrogens (tertiary/aromatic N) is 1. The normalized spacial score (nSPS) is 14.2. The number of hydrogen-bond donors (Lipinski definition) is 2. The van der Waals surface area contributed by atoms with E-state index in [1.165, 1.54) is 0 Å². The van der Waals surface area contributed by atoms with Gasteiger partial charge in [-0.2, -0.15) is 0 Å². The highest BCUT2D eigenvalue weighted by atomic mass is 35.5. The number of primary amides is 1. The zero-order valence-electron chi connectivity index (χ0n) is 12.7. The maximum Gasteiger partial charge on any atom is 0.242 e. The highest BCUT2D eigenvalue weighted by molar-refractivity contribution is 6.34. The van der Waals surface area contributed by atoms with E-state index in [9.17, 15) is 4.79 Å². The second-order valence-electron chi connectivity index (χ2n) is 5.07. The third-order valence-electron chi connectivity index (χ3n) is 3.76. The zero-order valence-corrected chi connectivity index (χ0v) is 14.3. The molecule has 4 nitrogen and oxygen atoms in total. The minimum absolute atomic E-state index is 0.469. The fraction of sp³-hybridized carbons (Fsp3) is 0.533. The van der Waals surface area contributed by atoms with E-state index < -0.39 is 11.4 Å². The number of carbonyl (C=O) groups excluding carboxylic acids is 1. The fourth-order valence-electron chi connectivity index (χ4n) is 2.20. The van der Waals surface area contributed by atoms with Gasteiger partial charge in [0.1, 0.15) is 5.54 Å². The average molecular weight is 332 g/mol. The second kappa shape index (κ2) is 7.99. The van der Waals surface area contributed by atoms with Crippen LogP contribution >= 0.6 is 23.2 Å². The quantitative estimate of drug-likeness (QED) is 0.769. The SMILES string of the molecule is CCN(CC)CCNC(C)(C(N)=O)c1cc(Cl)ccc1Cl. The van der Waals surface area contributed by atoms with Crippen LogP contribution in [0.5, 0.6) is 0 Å². The first-order chi connectivity index (χ1) is 9.85. The number of likely N-dealkylation sites (N-methyl/N-ethyl adjacent to an activating group) is 1. The number of rotatable bonds is 8. The number of halogens is 2. The van der Waals surface area contributed by atoms with Crippen molar-refractivity contribution in [1.82, 2.24) is 10.2 Å². The Morgan fingerprint density at radius 2 is 1.95 bits per heavy atom. The molecule has 0 aromatic heterocycles. The van der Waals surface area contributed by atoms with Crippen molar-refractivity contribution in [2.45, 2.75) is 26.3 Å². The Labute approximate surface area is 136 Å². The molecule has 0 saturated heterocycles. The van der Waals surface area contributed by atoms with Crippen LogP contribution < -0.4 is 11.1 Å². The van der Waals surface area contributed by atoms with Crippen LogP contribution in [0.4, 0.5) is 0 Å². The smallest absolute Gasteiger partial charge is 0.242 e. The summed E-state index contributed by atoms with van der Waals surface area (Å²) in [6.45, 7) is 9.31. The molecule has 1 aromatic carbocycles. The Kier molecular flexibility index (Phi) is 6.94. The number of amides is 1. The molecule has 0 aliphatic rings. The number of carbonyl (C=O) groups is 1. The molecule has 21 heavy (non-hydrogen) atoms. The van der Waals surface area contributed by atoms with Crippen molar-refractivity contribution in [3.05, 3.63) is 33.8 Å². The van der Waals surface area contributed by atoms with E-state index >= 15 is 0 Å². The van der Waals surface area contributed by atoms with Gasteiger partial charge in [-0.15, -0.1) is 0 Å². The number of benzene rings is 1. The lowest BCUT2D eigenvalue weighted by Gasteiger charge is -2.30. The minimum Gasteiger partial charge on any atom is -0.368 e. The summed E-state index contributed by atoms with van der Waals surface area (Å²) < 4.78 is 0. The summed E-state index contributed by atoms with van der Waals surface area (Å²) in [7, 11) is 0. The van der Waals surface area contributed by atoms with E-state index in [1.807, 2.05) is 0 Å². The van der Waals surface area contributed by atoms with Crippen molar-refractivity contribution in [1.29, 1.82) is 0 Å². The molecular weight excluding hydrogens is 309 g/mol. The Morgan fingerprint density at radius 3 is 2.48 bits per heavy atom. The number of nitrogens with two attached hydrogens (primary N) is 1. The lowest BCUT2D eigenvalue weighted by atomic mass is 9.91. The average Bonchev–Trinajstić information content (AvgIpc) is 2.45. The monoisotopic (exact) mass is 331 g/mol. The molecule has 1 aromatic rings. The number of hydrogen-bond acceptors (Lipinski definition) is 3. The van der Waals surface area contributed by atoms with Gasteiger partial charge in [0.05, 0.1) is 0 Å². The van der Waals surface area contributed by atoms with Gasteiger partial charge in [-0.05, 0) is 38.2 Å². The summed E-state index contributed by atoms with van der Waals surface area (Å²) >= 11 is 12.2. The summed E-state index contributed by atoms with van der Waals surface area (Å²) in [5, 5.41) is 4.21. The van der Waals surface area contributed by atoms with Crippen molar-refractivity contribution >= 4 is 29.1 Å². The first kappa shape index (κ1) is 18.2. The third kappa shape index (κ3) is 4.58. The van der Waals surface area contributed by atoms with E-state index in [2.05, 4.69) is 24.1 Å². The molecule has 0 radical (unpaired) electrons. The summed E-state index contributed by atoms with van der Waals surface area (Å²) in [4.78, 5) is 14.2. The molecule has 0 saturated carbocycles. The van der Waals surface area contributed by atoms with Gasteiger partial charge >= 0.3 is 0 Å². The van der Waals surface area contributed by atoms with Crippen LogP contribution in [0.25, 0.3) is 0 Å². The van der Waals surface area contributed by atoms with E-state index in [4.69, 9.17) is 28.9 Å². The zero-order chi connectivity index (χ0) is 16.0. The number of nitrogens with one attached hydrogen (secondary N) is 1. The Bertz CT molecular complexity index is 492. The van der Waals surface area contributed by atoms with Crippen molar-refractivity contribution in [2.75, 3.05) is 26.2 Å². The van der Waals surface area contributed by atoms with Crippen LogP contribution in [0.15, 0.2) is 18.2 Å². The highest BCUT2D eigenvalue weighted by Crippen LogP contribution is 2.30. The summed E-state index contributed by atoms with van der Waals surface area (Å²) in [6, 6.07) is 5.04. The van der Waals surface area contributed by atoms with Crippen LogP contribution in [0.2, 0.25) is 10.0 Å². The van der Waals surface area contributed by atoms with Crippen molar-refractivity contribution in [3.8, 4) is 0 Å². The Hall–Kier alpha value is -0.810. The predicted octanol–water partition coefficient (Wildman–Crippen LogP) is 2.63. The molecule has 0 bridgehead atoms. The topological polar surface area (TPSA) is 58.4 Å². The molecule has 3 N–H and O–H groups in total. The molecule has 6 heteroatoms. The van der Waals surface area contributed by atoms with Gasteiger partial charge in [0.15, 0.2) is 0 Å². The van der Waals surface area contributed by atoms with Crippen LogP contribution in [-0.4, -0.2) is 37.0 Å². The lowest BCUT2D eigenvalue weighted by Crippen LogP contribution is -2.52. The van der Waals surface area contributed by atoms with Gasteiger partial charge < -0.3 is 10.6 Å². The van der Waals surface area contributed by atoms with Gasteiger partial charge in [-0.3, -0.25) is 10.1 Å². The van der Waals surface area contributed by atoms with Gasteiger partial charge in [0.25, 0.3) is 0 Å². The van der Waals surface area contributed by atoms with E-state index in [0.717, 1.165) is 19.6 Å². The molecule has 0 heterocycles. The lowest BCUT2D eigenvalue weighted by molar-refractivity contribution is -0.124. The van der Waals surface area contributed by atoms with Crippen molar-refractivity contribution in [2.24, 2.45) is 5.73 Å². The summed E-state index contributed by atoms with van der Waals surface area (Å²) in [6.07, 6.45) is 0. The molecule has 0 aliphatic heterocycles. The van der Waals surface area contributed by atoms with Gasteiger partial charge in [-0.25, -0.2) is 0 Å². The van der Waals surface area contributed by atoms with Crippen molar-refractivity contribution < 1.29 is 4.79 Å². The summed E-state index contributed by atoms with van der Waals surface area (Å²) in [5.41, 5.74) is 5.14. The second-order valence-corrected chi connectivity index (χ2v) is 5.91. The molecule has 1 atom stereocenters. The molecule has 1 unspecified atom stereocenters. The third-order valence-corrected chi connectivity index (χ3v) is 4.33. The first-order valence-electron chi connectivity index (χ1n) is 7.08. The largest absolute Gasteiger partial charge is 0.368 e. The highest BCUT2D eigenvalue weighted by Gasteiger charge is 2.34. The van der Waals surface area contributed by atoms with Crippen LogP contribution in [0.1, 0.15) is 26.3 Å². The van der Waals surface area contributed by atoms with Gasteiger partial charge in [0, 0.05) is 28.7 Å². The van der Waals surface area contributed by atoms with Crippen LogP contribution in [0.3, 0.4) is 0 Å². The molecule has 1 amide bonds. The first-order valence-corrected chi connectivity index (χ1v) is 7.83. The molecule has 0 aliphatic carbocycles. The van der Waals surface area contributed by atoms with Gasteiger partial charge in [0.2, 0.25) is 5.91 Å². The predicted molar refractivity (Wildman–Crippen MR) is 88.8 cm³/mol. The fourth-order valence-corrected chi connectivity index (χ4v) is 2.68. The van der Waals surface area contributed by atoms with E-state index in [0.29, 0.717) is 22.2 Å². The van der Waals surface area contributed by atoms with Crippen LogP contribution in [0, 0.1) is 0 Å². The molecule has 0 spiro atoms. The molecule has 1 rings (SSSR count).